The summed E-state index contributed by atoms with van der Waals surface area (Å²) < 4.78 is 0. The molecule has 0 aromatic rings. The topological polar surface area (TPSA) is 20.2 Å². The predicted octanol–water partition coefficient (Wildman–Crippen LogP) is 1.72. The highest BCUT2D eigenvalue weighted by Crippen LogP contribution is 2.24. The van der Waals surface area contributed by atoms with Crippen molar-refractivity contribution in [2.75, 3.05) is 0 Å². The maximum atomic E-state index is 9.07. The van der Waals surface area contributed by atoms with Crippen molar-refractivity contribution in [3.8, 4) is 0 Å². The number of rotatable bonds is 1. The summed E-state index contributed by atoms with van der Waals surface area (Å²) in [7, 11) is 0. The summed E-state index contributed by atoms with van der Waals surface area (Å²) >= 11 is 0. The Balaban J connectivity index is 2.52. The van der Waals surface area contributed by atoms with Crippen LogP contribution in [0.15, 0.2) is 11.6 Å². The monoisotopic (exact) mass is 126 g/mol. The second kappa shape index (κ2) is 2.53. The Morgan fingerprint density at radius 1 is 1.67 bits per heavy atom. The average molecular weight is 126 g/mol. The number of allylic oxidation sites excluding steroid dienone is 1. The zero-order valence-corrected chi connectivity index (χ0v) is 6.09. The number of aliphatic hydroxyl groups is 1. The van der Waals surface area contributed by atoms with Gasteiger partial charge in [0.25, 0.3) is 0 Å². The Kier molecular flexibility index (Phi) is 1.91. The molecule has 0 bridgehead atoms. The van der Waals surface area contributed by atoms with E-state index in [9.17, 15) is 0 Å². The Morgan fingerprint density at radius 2 is 2.33 bits per heavy atom. The molecule has 1 heteroatoms. The average Bonchev–Trinajstić information content (AvgIpc) is 2.14. The van der Waals surface area contributed by atoms with Crippen LogP contribution in [0.1, 0.15) is 26.7 Å². The molecule has 0 spiro atoms. The molecule has 0 aromatic carbocycles. The fourth-order valence-electron chi connectivity index (χ4n) is 1.21. The molecule has 0 saturated heterocycles. The minimum Gasteiger partial charge on any atom is -0.389 e. The Labute approximate surface area is 56.4 Å². The van der Waals surface area contributed by atoms with Gasteiger partial charge in [-0.05, 0) is 18.8 Å². The van der Waals surface area contributed by atoms with Gasteiger partial charge >= 0.3 is 0 Å². The maximum Gasteiger partial charge on any atom is 0.0726 e. The van der Waals surface area contributed by atoms with Crippen LogP contribution in [-0.4, -0.2) is 11.2 Å². The molecule has 1 aliphatic rings. The first kappa shape index (κ1) is 6.81. The Hall–Kier alpha value is -0.300. The molecule has 0 saturated carbocycles. The fraction of sp³-hybridized carbons (Fsp3) is 0.750. The van der Waals surface area contributed by atoms with E-state index in [-0.39, 0.29) is 6.10 Å². The third-order valence-electron chi connectivity index (χ3n) is 1.88. The molecule has 1 unspecified atom stereocenters. The SMILES string of the molecule is CC(C)C1=CC(O)CC1. The standard InChI is InChI=1S/C8H14O/c1-6(2)7-3-4-8(9)5-7/h5-6,8-9H,3-4H2,1-2H3. The van der Waals surface area contributed by atoms with Crippen molar-refractivity contribution >= 4 is 0 Å². The van der Waals surface area contributed by atoms with Crippen LogP contribution in [0.4, 0.5) is 0 Å². The molecule has 1 atom stereocenters. The fourth-order valence-corrected chi connectivity index (χ4v) is 1.21. The molecule has 52 valence electrons. The van der Waals surface area contributed by atoms with Crippen LogP contribution in [0.5, 0.6) is 0 Å². The molecule has 0 heterocycles. The van der Waals surface area contributed by atoms with Gasteiger partial charge in [-0.1, -0.05) is 25.5 Å². The molecular formula is C8H14O. The van der Waals surface area contributed by atoms with Gasteiger partial charge in [-0.15, -0.1) is 0 Å². The Bertz CT molecular complexity index is 125. The molecule has 1 nitrogen and oxygen atoms in total. The van der Waals surface area contributed by atoms with Crippen molar-refractivity contribution in [3.63, 3.8) is 0 Å². The predicted molar refractivity (Wildman–Crippen MR) is 38.2 cm³/mol. The zero-order chi connectivity index (χ0) is 6.85. The molecule has 0 radical (unpaired) electrons. The highest BCUT2D eigenvalue weighted by atomic mass is 16.3. The first-order valence-corrected chi connectivity index (χ1v) is 3.59. The molecule has 1 rings (SSSR count). The third kappa shape index (κ3) is 1.55. The van der Waals surface area contributed by atoms with E-state index in [2.05, 4.69) is 13.8 Å². The first-order valence-electron chi connectivity index (χ1n) is 3.59. The second-order valence-corrected chi connectivity index (χ2v) is 3.00. The van der Waals surface area contributed by atoms with E-state index >= 15 is 0 Å². The molecular weight excluding hydrogens is 112 g/mol. The van der Waals surface area contributed by atoms with E-state index in [4.69, 9.17) is 5.11 Å². The van der Waals surface area contributed by atoms with Crippen molar-refractivity contribution in [1.29, 1.82) is 0 Å². The van der Waals surface area contributed by atoms with Gasteiger partial charge < -0.3 is 5.11 Å². The van der Waals surface area contributed by atoms with Crippen molar-refractivity contribution in [2.45, 2.75) is 32.8 Å². The van der Waals surface area contributed by atoms with Crippen molar-refractivity contribution < 1.29 is 5.11 Å². The van der Waals surface area contributed by atoms with Gasteiger partial charge in [0.2, 0.25) is 0 Å². The number of hydrogen-bond donors (Lipinski definition) is 1. The van der Waals surface area contributed by atoms with E-state index in [1.54, 1.807) is 0 Å². The van der Waals surface area contributed by atoms with Crippen LogP contribution in [0.2, 0.25) is 0 Å². The lowest BCUT2D eigenvalue weighted by molar-refractivity contribution is 0.223. The lowest BCUT2D eigenvalue weighted by Crippen LogP contribution is -1.93. The van der Waals surface area contributed by atoms with Gasteiger partial charge in [0.05, 0.1) is 6.10 Å². The minimum atomic E-state index is -0.151. The van der Waals surface area contributed by atoms with E-state index in [0.717, 1.165) is 12.8 Å². The van der Waals surface area contributed by atoms with Crippen LogP contribution in [0.25, 0.3) is 0 Å². The van der Waals surface area contributed by atoms with E-state index < -0.39 is 0 Å². The van der Waals surface area contributed by atoms with Crippen LogP contribution < -0.4 is 0 Å². The summed E-state index contributed by atoms with van der Waals surface area (Å²) in [5, 5.41) is 9.07. The van der Waals surface area contributed by atoms with Gasteiger partial charge in [0.1, 0.15) is 0 Å². The Morgan fingerprint density at radius 3 is 2.56 bits per heavy atom. The highest BCUT2D eigenvalue weighted by molar-refractivity contribution is 5.13. The van der Waals surface area contributed by atoms with E-state index in [1.165, 1.54) is 5.57 Å². The van der Waals surface area contributed by atoms with Crippen LogP contribution >= 0.6 is 0 Å². The molecule has 9 heavy (non-hydrogen) atoms. The summed E-state index contributed by atoms with van der Waals surface area (Å²) in [6.45, 7) is 4.34. The third-order valence-corrected chi connectivity index (χ3v) is 1.88. The lowest BCUT2D eigenvalue weighted by Gasteiger charge is -2.02. The van der Waals surface area contributed by atoms with Crippen molar-refractivity contribution in [3.05, 3.63) is 11.6 Å². The van der Waals surface area contributed by atoms with Crippen LogP contribution in [-0.2, 0) is 0 Å². The molecule has 1 N–H and O–H groups in total. The highest BCUT2D eigenvalue weighted by Gasteiger charge is 2.14. The van der Waals surface area contributed by atoms with E-state index in [1.807, 2.05) is 6.08 Å². The maximum absolute atomic E-state index is 9.07. The molecule has 0 aliphatic heterocycles. The van der Waals surface area contributed by atoms with Gasteiger partial charge in [0, 0.05) is 0 Å². The summed E-state index contributed by atoms with van der Waals surface area (Å²) in [5.41, 5.74) is 1.42. The summed E-state index contributed by atoms with van der Waals surface area (Å²) in [6, 6.07) is 0. The molecule has 0 amide bonds. The summed E-state index contributed by atoms with van der Waals surface area (Å²) in [4.78, 5) is 0. The minimum absolute atomic E-state index is 0.151. The summed E-state index contributed by atoms with van der Waals surface area (Å²) in [5.74, 6) is 0.627. The van der Waals surface area contributed by atoms with Gasteiger partial charge in [-0.3, -0.25) is 0 Å². The van der Waals surface area contributed by atoms with Gasteiger partial charge in [-0.25, -0.2) is 0 Å². The quantitative estimate of drug-likeness (QED) is 0.530. The first-order chi connectivity index (χ1) is 4.20. The van der Waals surface area contributed by atoms with Crippen LogP contribution in [0.3, 0.4) is 0 Å². The van der Waals surface area contributed by atoms with Crippen LogP contribution in [0, 0.1) is 5.92 Å². The molecule has 0 fully saturated rings. The molecule has 1 aliphatic carbocycles. The summed E-state index contributed by atoms with van der Waals surface area (Å²) in [6.07, 6.45) is 3.87. The van der Waals surface area contributed by atoms with E-state index in [0.29, 0.717) is 5.92 Å². The van der Waals surface area contributed by atoms with Crippen molar-refractivity contribution in [2.24, 2.45) is 5.92 Å². The van der Waals surface area contributed by atoms with Crippen molar-refractivity contribution in [1.82, 2.24) is 0 Å². The zero-order valence-electron chi connectivity index (χ0n) is 6.09. The molecule has 0 aromatic heterocycles. The number of aliphatic hydroxyl groups excluding tert-OH is 1. The lowest BCUT2D eigenvalue weighted by atomic mass is 10.0. The largest absolute Gasteiger partial charge is 0.389 e. The normalized spacial score (nSPS) is 27.1. The second-order valence-electron chi connectivity index (χ2n) is 3.00. The van der Waals surface area contributed by atoms with Gasteiger partial charge in [0.15, 0.2) is 0 Å². The smallest absolute Gasteiger partial charge is 0.0726 e. The number of hydrogen-bond acceptors (Lipinski definition) is 1. The van der Waals surface area contributed by atoms with Gasteiger partial charge in [-0.2, -0.15) is 0 Å².